The van der Waals surface area contributed by atoms with Crippen molar-refractivity contribution < 1.29 is 4.74 Å². The minimum atomic E-state index is 0.186. The first kappa shape index (κ1) is 15.4. The van der Waals surface area contributed by atoms with E-state index in [4.69, 9.17) is 21.4 Å². The minimum absolute atomic E-state index is 0.186. The van der Waals surface area contributed by atoms with Gasteiger partial charge in [-0.15, -0.1) is 5.10 Å². The SMILES string of the molecule is C[C@@H]1CN(c2nn(-c3ccc(Cl)cc3)c3cnccc23)C[C@H](C)O1. The Bertz CT molecular complexity index is 851. The lowest BCUT2D eigenvalue weighted by Gasteiger charge is -2.35. The average molecular weight is 343 g/mol. The van der Waals surface area contributed by atoms with Crippen LogP contribution in [0.15, 0.2) is 42.7 Å². The Balaban J connectivity index is 1.83. The zero-order valence-electron chi connectivity index (χ0n) is 13.7. The number of nitrogens with zero attached hydrogens (tertiary/aromatic N) is 4. The summed E-state index contributed by atoms with van der Waals surface area (Å²) in [6.45, 7) is 5.87. The number of hydrogen-bond acceptors (Lipinski definition) is 4. The van der Waals surface area contributed by atoms with E-state index in [9.17, 15) is 0 Å². The van der Waals surface area contributed by atoms with Gasteiger partial charge in [0.15, 0.2) is 5.82 Å². The predicted molar refractivity (Wildman–Crippen MR) is 96.1 cm³/mol. The van der Waals surface area contributed by atoms with Gasteiger partial charge < -0.3 is 9.64 Å². The van der Waals surface area contributed by atoms with Crippen molar-refractivity contribution in [3.8, 4) is 5.69 Å². The van der Waals surface area contributed by atoms with Crippen LogP contribution >= 0.6 is 11.6 Å². The molecule has 0 unspecified atom stereocenters. The molecule has 1 aliphatic rings. The Kier molecular flexibility index (Phi) is 3.90. The summed E-state index contributed by atoms with van der Waals surface area (Å²) in [4.78, 5) is 6.57. The summed E-state index contributed by atoms with van der Waals surface area (Å²) in [6, 6.07) is 9.71. The zero-order valence-corrected chi connectivity index (χ0v) is 14.4. The van der Waals surface area contributed by atoms with Crippen LogP contribution in [0, 0.1) is 0 Å². The van der Waals surface area contributed by atoms with Crippen LogP contribution in [0.5, 0.6) is 0 Å². The molecule has 0 N–H and O–H groups in total. The van der Waals surface area contributed by atoms with Crippen LogP contribution in [0.4, 0.5) is 5.82 Å². The van der Waals surface area contributed by atoms with E-state index in [1.54, 1.807) is 0 Å². The molecule has 1 saturated heterocycles. The van der Waals surface area contributed by atoms with Crippen LogP contribution < -0.4 is 4.90 Å². The molecular weight excluding hydrogens is 324 g/mol. The summed E-state index contributed by atoms with van der Waals surface area (Å²) in [5.41, 5.74) is 1.96. The molecule has 0 bridgehead atoms. The molecule has 1 aromatic carbocycles. The number of halogens is 1. The van der Waals surface area contributed by atoms with Gasteiger partial charge >= 0.3 is 0 Å². The number of anilines is 1. The van der Waals surface area contributed by atoms with Gasteiger partial charge in [0, 0.05) is 29.7 Å². The first-order valence-electron chi connectivity index (χ1n) is 8.11. The number of fused-ring (bicyclic) bond motifs is 1. The van der Waals surface area contributed by atoms with Gasteiger partial charge in [0.05, 0.1) is 29.6 Å². The minimum Gasteiger partial charge on any atom is -0.372 e. The molecule has 0 amide bonds. The van der Waals surface area contributed by atoms with Gasteiger partial charge in [-0.1, -0.05) is 11.6 Å². The zero-order chi connectivity index (χ0) is 16.7. The van der Waals surface area contributed by atoms with Crippen LogP contribution in [-0.4, -0.2) is 40.1 Å². The summed E-state index contributed by atoms with van der Waals surface area (Å²) < 4.78 is 7.78. The lowest BCUT2D eigenvalue weighted by molar-refractivity contribution is -0.00539. The summed E-state index contributed by atoms with van der Waals surface area (Å²) >= 11 is 6.01. The molecule has 124 valence electrons. The molecule has 1 aliphatic heterocycles. The first-order valence-corrected chi connectivity index (χ1v) is 8.48. The molecule has 1 fully saturated rings. The van der Waals surface area contributed by atoms with Gasteiger partial charge in [-0.05, 0) is 44.2 Å². The summed E-state index contributed by atoms with van der Waals surface area (Å²) in [7, 11) is 0. The second-order valence-electron chi connectivity index (χ2n) is 6.27. The highest BCUT2D eigenvalue weighted by molar-refractivity contribution is 6.30. The van der Waals surface area contributed by atoms with Crippen molar-refractivity contribution in [1.82, 2.24) is 14.8 Å². The van der Waals surface area contributed by atoms with E-state index in [1.165, 1.54) is 0 Å². The smallest absolute Gasteiger partial charge is 0.159 e. The quantitative estimate of drug-likeness (QED) is 0.712. The number of rotatable bonds is 2. The number of ether oxygens (including phenoxy) is 1. The van der Waals surface area contributed by atoms with Crippen molar-refractivity contribution in [3.63, 3.8) is 0 Å². The monoisotopic (exact) mass is 342 g/mol. The number of pyridine rings is 1. The van der Waals surface area contributed by atoms with Crippen molar-refractivity contribution in [2.24, 2.45) is 0 Å². The lowest BCUT2D eigenvalue weighted by atomic mass is 10.2. The average Bonchev–Trinajstić information content (AvgIpc) is 2.94. The van der Waals surface area contributed by atoms with Crippen LogP contribution in [0.2, 0.25) is 5.02 Å². The van der Waals surface area contributed by atoms with Crippen molar-refractivity contribution in [3.05, 3.63) is 47.7 Å². The van der Waals surface area contributed by atoms with E-state index in [0.717, 1.165) is 35.5 Å². The van der Waals surface area contributed by atoms with E-state index in [0.29, 0.717) is 5.02 Å². The van der Waals surface area contributed by atoms with E-state index < -0.39 is 0 Å². The molecule has 5 nitrogen and oxygen atoms in total. The molecule has 0 radical (unpaired) electrons. The lowest BCUT2D eigenvalue weighted by Crippen LogP contribution is -2.45. The molecule has 0 aliphatic carbocycles. The van der Waals surface area contributed by atoms with Crippen LogP contribution in [0.3, 0.4) is 0 Å². The third-order valence-corrected chi connectivity index (χ3v) is 4.51. The fourth-order valence-corrected chi connectivity index (χ4v) is 3.44. The summed E-state index contributed by atoms with van der Waals surface area (Å²) in [5.74, 6) is 0.976. The van der Waals surface area contributed by atoms with Gasteiger partial charge in [0.1, 0.15) is 0 Å². The molecule has 24 heavy (non-hydrogen) atoms. The number of aromatic nitrogens is 3. The predicted octanol–water partition coefficient (Wildman–Crippen LogP) is 3.69. The molecular formula is C18H19ClN4O. The highest BCUT2D eigenvalue weighted by Crippen LogP contribution is 2.30. The number of benzene rings is 1. The topological polar surface area (TPSA) is 43.2 Å². The normalized spacial score (nSPS) is 21.4. The largest absolute Gasteiger partial charge is 0.372 e. The third kappa shape index (κ3) is 2.74. The standard InChI is InChI=1S/C18H19ClN4O/c1-12-10-22(11-13(2)24-12)18-16-7-8-20-9-17(16)23(21-18)15-5-3-14(19)4-6-15/h3-9,12-13H,10-11H2,1-2H3/t12-,13+. The molecule has 0 saturated carbocycles. The van der Waals surface area contributed by atoms with E-state index in [1.807, 2.05) is 47.4 Å². The molecule has 2 atom stereocenters. The Morgan fingerprint density at radius 3 is 2.50 bits per heavy atom. The maximum absolute atomic E-state index is 6.01. The number of hydrogen-bond donors (Lipinski definition) is 0. The Morgan fingerprint density at radius 2 is 1.79 bits per heavy atom. The second kappa shape index (κ2) is 6.07. The number of morpholine rings is 1. The van der Waals surface area contributed by atoms with Gasteiger partial charge in [0.25, 0.3) is 0 Å². The summed E-state index contributed by atoms with van der Waals surface area (Å²) in [6.07, 6.45) is 4.04. The van der Waals surface area contributed by atoms with Gasteiger partial charge in [-0.25, -0.2) is 4.68 Å². The van der Waals surface area contributed by atoms with Crippen molar-refractivity contribution in [2.45, 2.75) is 26.1 Å². The Labute approximate surface area is 145 Å². The molecule has 6 heteroatoms. The van der Waals surface area contributed by atoms with E-state index >= 15 is 0 Å². The van der Waals surface area contributed by atoms with Crippen LogP contribution in [0.25, 0.3) is 16.6 Å². The summed E-state index contributed by atoms with van der Waals surface area (Å²) in [5, 5.41) is 6.70. The highest BCUT2D eigenvalue weighted by Gasteiger charge is 2.26. The van der Waals surface area contributed by atoms with Crippen LogP contribution in [0.1, 0.15) is 13.8 Å². The molecule has 0 spiro atoms. The second-order valence-corrected chi connectivity index (χ2v) is 6.70. The first-order chi connectivity index (χ1) is 11.6. The van der Waals surface area contributed by atoms with E-state index in [2.05, 4.69) is 23.7 Å². The maximum atomic E-state index is 6.01. The molecule has 3 heterocycles. The van der Waals surface area contributed by atoms with Gasteiger partial charge in [0.2, 0.25) is 0 Å². The van der Waals surface area contributed by atoms with Gasteiger partial charge in [-0.3, -0.25) is 4.98 Å². The molecule has 2 aromatic heterocycles. The van der Waals surface area contributed by atoms with Crippen LogP contribution in [-0.2, 0) is 4.74 Å². The Morgan fingerprint density at radius 1 is 1.08 bits per heavy atom. The fourth-order valence-electron chi connectivity index (χ4n) is 3.31. The Hall–Kier alpha value is -2.11. The van der Waals surface area contributed by atoms with Crippen molar-refractivity contribution >= 4 is 28.3 Å². The molecule has 4 rings (SSSR count). The van der Waals surface area contributed by atoms with Crippen molar-refractivity contribution in [2.75, 3.05) is 18.0 Å². The van der Waals surface area contributed by atoms with Crippen molar-refractivity contribution in [1.29, 1.82) is 0 Å². The molecule has 3 aromatic rings. The third-order valence-electron chi connectivity index (χ3n) is 4.25. The van der Waals surface area contributed by atoms with Gasteiger partial charge in [-0.2, -0.15) is 0 Å². The van der Waals surface area contributed by atoms with E-state index in [-0.39, 0.29) is 12.2 Å². The fraction of sp³-hybridized carbons (Fsp3) is 0.333. The highest BCUT2D eigenvalue weighted by atomic mass is 35.5. The maximum Gasteiger partial charge on any atom is 0.159 e.